The van der Waals surface area contributed by atoms with Crippen LogP contribution in [-0.2, 0) is 17.6 Å². The number of aryl methyl sites for hydroxylation is 1. The first-order chi connectivity index (χ1) is 16.3. The largest absolute Gasteiger partial charge is 0.325 e. The van der Waals surface area contributed by atoms with E-state index in [1.807, 2.05) is 19.1 Å². The molecule has 34 heavy (non-hydrogen) atoms. The van der Waals surface area contributed by atoms with Crippen molar-refractivity contribution >= 4 is 57.4 Å². The molecule has 0 saturated heterocycles. The standard InChI is InChI=1S/C23H21Cl3N6O2/c1-3-17-20-22(32(31-17)21-15(25)9-13(24)10-16(21)26)29-18(30-23(20)34)8-12-4-6-14(7-5-12)28-19(33)11-27-2/h4-7,9-10,27H,3,8,11H2,1-2H3,(H,28,33)(H,29,30,34). The maximum atomic E-state index is 13.0. The number of carbonyl (C=O) groups is 1. The molecule has 3 N–H and O–H groups in total. The SMILES string of the molecule is CCc1nn(-c2c(Cl)cc(Cl)cc2Cl)c2nc(Cc3ccc(NC(=O)CNC)cc3)[nH]c(=O)c12. The van der Waals surface area contributed by atoms with Gasteiger partial charge in [-0.2, -0.15) is 5.10 Å². The van der Waals surface area contributed by atoms with Crippen molar-refractivity contribution in [1.82, 2.24) is 25.1 Å². The van der Waals surface area contributed by atoms with Crippen molar-refractivity contribution in [3.63, 3.8) is 0 Å². The number of amides is 1. The third kappa shape index (κ3) is 4.95. The van der Waals surface area contributed by atoms with Gasteiger partial charge in [0.05, 0.1) is 22.3 Å². The van der Waals surface area contributed by atoms with Crippen LogP contribution in [0.5, 0.6) is 0 Å². The number of aromatic amines is 1. The summed E-state index contributed by atoms with van der Waals surface area (Å²) in [6, 6.07) is 10.4. The highest BCUT2D eigenvalue weighted by molar-refractivity contribution is 6.40. The Labute approximate surface area is 210 Å². The molecule has 176 valence electrons. The van der Waals surface area contributed by atoms with Crippen LogP contribution in [0.25, 0.3) is 16.7 Å². The molecule has 8 nitrogen and oxygen atoms in total. The molecule has 0 unspecified atom stereocenters. The van der Waals surface area contributed by atoms with Gasteiger partial charge in [0.25, 0.3) is 5.56 Å². The summed E-state index contributed by atoms with van der Waals surface area (Å²) in [7, 11) is 1.71. The molecule has 11 heteroatoms. The zero-order valence-electron chi connectivity index (χ0n) is 18.4. The van der Waals surface area contributed by atoms with Crippen LogP contribution in [0.15, 0.2) is 41.2 Å². The first kappa shape index (κ1) is 24.2. The number of carbonyl (C=O) groups excluding carboxylic acids is 1. The third-order valence-electron chi connectivity index (χ3n) is 5.13. The van der Waals surface area contributed by atoms with Gasteiger partial charge in [0.15, 0.2) is 5.65 Å². The van der Waals surface area contributed by atoms with E-state index in [0.29, 0.717) is 61.8 Å². The summed E-state index contributed by atoms with van der Waals surface area (Å²) in [5, 5.41) is 11.5. The minimum Gasteiger partial charge on any atom is -0.325 e. The zero-order valence-corrected chi connectivity index (χ0v) is 20.6. The fourth-order valence-electron chi connectivity index (χ4n) is 3.63. The van der Waals surface area contributed by atoms with Gasteiger partial charge in [-0.25, -0.2) is 9.67 Å². The van der Waals surface area contributed by atoms with Gasteiger partial charge in [0, 0.05) is 17.1 Å². The van der Waals surface area contributed by atoms with Gasteiger partial charge in [-0.3, -0.25) is 9.59 Å². The lowest BCUT2D eigenvalue weighted by Crippen LogP contribution is -2.24. The molecule has 1 amide bonds. The van der Waals surface area contributed by atoms with E-state index in [1.165, 1.54) is 4.68 Å². The number of H-pyrrole nitrogens is 1. The molecular formula is C23H21Cl3N6O2. The maximum Gasteiger partial charge on any atom is 0.262 e. The average Bonchev–Trinajstić information content (AvgIpc) is 3.13. The summed E-state index contributed by atoms with van der Waals surface area (Å²) in [6.45, 7) is 2.13. The maximum absolute atomic E-state index is 13.0. The molecule has 2 aromatic carbocycles. The monoisotopic (exact) mass is 518 g/mol. The lowest BCUT2D eigenvalue weighted by Gasteiger charge is -2.09. The highest BCUT2D eigenvalue weighted by Gasteiger charge is 2.20. The van der Waals surface area contributed by atoms with Crippen LogP contribution in [-0.4, -0.2) is 39.2 Å². The lowest BCUT2D eigenvalue weighted by atomic mass is 10.1. The highest BCUT2D eigenvalue weighted by atomic mass is 35.5. The highest BCUT2D eigenvalue weighted by Crippen LogP contribution is 2.33. The van der Waals surface area contributed by atoms with E-state index in [9.17, 15) is 9.59 Å². The van der Waals surface area contributed by atoms with Crippen LogP contribution < -0.4 is 16.2 Å². The van der Waals surface area contributed by atoms with Crippen molar-refractivity contribution in [2.45, 2.75) is 19.8 Å². The van der Waals surface area contributed by atoms with Crippen molar-refractivity contribution < 1.29 is 4.79 Å². The minimum absolute atomic E-state index is 0.133. The summed E-state index contributed by atoms with van der Waals surface area (Å²) < 4.78 is 1.49. The van der Waals surface area contributed by atoms with E-state index in [2.05, 4.69) is 20.7 Å². The Kier molecular flexibility index (Phi) is 7.23. The Bertz CT molecular complexity index is 1410. The molecule has 2 heterocycles. The Morgan fingerprint density at radius 3 is 2.41 bits per heavy atom. The van der Waals surface area contributed by atoms with Crippen molar-refractivity contribution in [3.05, 3.63) is 78.9 Å². The van der Waals surface area contributed by atoms with Crippen molar-refractivity contribution in [3.8, 4) is 5.69 Å². The van der Waals surface area contributed by atoms with Crippen molar-refractivity contribution in [1.29, 1.82) is 0 Å². The normalized spacial score (nSPS) is 11.2. The number of rotatable bonds is 7. The summed E-state index contributed by atoms with van der Waals surface area (Å²) in [5.74, 6) is 0.320. The molecule has 0 aliphatic heterocycles. The second-order valence-corrected chi connectivity index (χ2v) is 8.84. The van der Waals surface area contributed by atoms with Gasteiger partial charge < -0.3 is 15.6 Å². The lowest BCUT2D eigenvalue weighted by molar-refractivity contribution is -0.115. The molecule has 0 bridgehead atoms. The van der Waals surface area contributed by atoms with Crippen LogP contribution >= 0.6 is 34.8 Å². The topological polar surface area (TPSA) is 105 Å². The van der Waals surface area contributed by atoms with E-state index in [0.717, 1.165) is 5.56 Å². The molecule has 0 saturated carbocycles. The first-order valence-corrected chi connectivity index (χ1v) is 11.6. The number of nitrogens with zero attached hydrogens (tertiary/aromatic N) is 3. The molecular weight excluding hydrogens is 499 g/mol. The number of anilines is 1. The summed E-state index contributed by atoms with van der Waals surface area (Å²) in [4.78, 5) is 32.3. The van der Waals surface area contributed by atoms with E-state index in [-0.39, 0.29) is 18.0 Å². The second kappa shape index (κ2) is 10.1. The van der Waals surface area contributed by atoms with E-state index in [4.69, 9.17) is 39.8 Å². The van der Waals surface area contributed by atoms with Gasteiger partial charge in [0.2, 0.25) is 5.91 Å². The molecule has 0 radical (unpaired) electrons. The number of likely N-dealkylation sites (N-methyl/N-ethyl adjacent to an activating group) is 1. The predicted molar refractivity (Wildman–Crippen MR) is 136 cm³/mol. The number of hydrogen-bond donors (Lipinski definition) is 3. The van der Waals surface area contributed by atoms with Crippen LogP contribution in [0.4, 0.5) is 5.69 Å². The Morgan fingerprint density at radius 1 is 1.12 bits per heavy atom. The molecule has 2 aromatic heterocycles. The fraction of sp³-hybridized carbons (Fsp3) is 0.217. The van der Waals surface area contributed by atoms with E-state index in [1.54, 1.807) is 31.3 Å². The van der Waals surface area contributed by atoms with Gasteiger partial charge in [-0.15, -0.1) is 0 Å². The van der Waals surface area contributed by atoms with E-state index >= 15 is 0 Å². The van der Waals surface area contributed by atoms with Gasteiger partial charge in [0.1, 0.15) is 16.9 Å². The van der Waals surface area contributed by atoms with Crippen LogP contribution in [0.3, 0.4) is 0 Å². The number of aromatic nitrogens is 4. The second-order valence-electron chi connectivity index (χ2n) is 7.59. The first-order valence-electron chi connectivity index (χ1n) is 10.5. The number of benzene rings is 2. The zero-order chi connectivity index (χ0) is 24.4. The molecule has 4 aromatic rings. The quantitative estimate of drug-likeness (QED) is 0.336. The molecule has 4 rings (SSSR count). The van der Waals surface area contributed by atoms with E-state index < -0.39 is 0 Å². The van der Waals surface area contributed by atoms with Crippen LogP contribution in [0.1, 0.15) is 24.0 Å². The molecule has 0 atom stereocenters. The summed E-state index contributed by atoms with van der Waals surface area (Å²) >= 11 is 18.9. The number of halogens is 3. The predicted octanol–water partition coefficient (Wildman–Crippen LogP) is 4.38. The van der Waals surface area contributed by atoms with Gasteiger partial charge in [-0.05, 0) is 43.3 Å². The minimum atomic E-state index is -0.291. The molecule has 0 spiro atoms. The van der Waals surface area contributed by atoms with Crippen LogP contribution in [0, 0.1) is 0 Å². The van der Waals surface area contributed by atoms with Crippen LogP contribution in [0.2, 0.25) is 15.1 Å². The average molecular weight is 520 g/mol. The summed E-state index contributed by atoms with van der Waals surface area (Å²) in [6.07, 6.45) is 0.891. The third-order valence-corrected chi connectivity index (χ3v) is 5.93. The van der Waals surface area contributed by atoms with Crippen molar-refractivity contribution in [2.24, 2.45) is 0 Å². The number of nitrogens with one attached hydrogen (secondary N) is 3. The Morgan fingerprint density at radius 2 is 1.79 bits per heavy atom. The fourth-order valence-corrected chi connectivity index (χ4v) is 4.60. The summed E-state index contributed by atoms with van der Waals surface area (Å²) in [5.41, 5.74) is 2.64. The Balaban J connectivity index is 1.73. The van der Waals surface area contributed by atoms with Gasteiger partial charge in [-0.1, -0.05) is 53.9 Å². The molecule has 0 aliphatic carbocycles. The molecule has 0 aliphatic rings. The van der Waals surface area contributed by atoms with Gasteiger partial charge >= 0.3 is 0 Å². The smallest absolute Gasteiger partial charge is 0.262 e. The molecule has 0 fully saturated rings. The number of hydrogen-bond acceptors (Lipinski definition) is 5. The number of fused-ring (bicyclic) bond motifs is 1. The Hall–Kier alpha value is -2.91. The van der Waals surface area contributed by atoms with Crippen molar-refractivity contribution in [2.75, 3.05) is 18.9 Å².